The van der Waals surface area contributed by atoms with Crippen molar-refractivity contribution < 1.29 is 0 Å². The molecule has 1 aliphatic carbocycles. The molecule has 1 aromatic heterocycles. The highest BCUT2D eigenvalue weighted by molar-refractivity contribution is 4.88. The molecule has 5 heteroatoms. The van der Waals surface area contributed by atoms with Crippen molar-refractivity contribution in [3.8, 4) is 0 Å². The third kappa shape index (κ3) is 2.35. The van der Waals surface area contributed by atoms with Gasteiger partial charge in [0.2, 0.25) is 0 Å². The average molecular weight is 209 g/mol. The first-order valence-corrected chi connectivity index (χ1v) is 5.57. The van der Waals surface area contributed by atoms with Gasteiger partial charge in [-0.1, -0.05) is 6.42 Å². The van der Waals surface area contributed by atoms with Crippen LogP contribution in [0.1, 0.15) is 25.1 Å². The summed E-state index contributed by atoms with van der Waals surface area (Å²) >= 11 is 0. The Hall–Kier alpha value is -0.940. The van der Waals surface area contributed by atoms with Crippen LogP contribution in [0.4, 0.5) is 0 Å². The molecule has 3 N–H and O–H groups in total. The lowest BCUT2D eigenvalue weighted by atomic mass is 10.0. The van der Waals surface area contributed by atoms with Crippen LogP contribution in [0.3, 0.4) is 0 Å². The molecule has 0 amide bonds. The Morgan fingerprint density at radius 3 is 3.13 bits per heavy atom. The Kier molecular flexibility index (Phi) is 3.33. The average Bonchev–Trinajstić information content (AvgIpc) is 2.83. The van der Waals surface area contributed by atoms with Gasteiger partial charge in [-0.15, -0.1) is 10.2 Å². The molecule has 1 fully saturated rings. The smallest absolute Gasteiger partial charge is 0.146 e. The summed E-state index contributed by atoms with van der Waals surface area (Å²) in [6.45, 7) is 1.58. The Morgan fingerprint density at radius 1 is 1.60 bits per heavy atom. The van der Waals surface area contributed by atoms with E-state index in [0.717, 1.165) is 18.9 Å². The molecule has 0 saturated heterocycles. The summed E-state index contributed by atoms with van der Waals surface area (Å²) in [6.07, 6.45) is 5.51. The summed E-state index contributed by atoms with van der Waals surface area (Å²) in [6, 6.07) is 0.562. The quantitative estimate of drug-likeness (QED) is 0.734. The van der Waals surface area contributed by atoms with Crippen molar-refractivity contribution in [2.75, 3.05) is 6.54 Å². The maximum Gasteiger partial charge on any atom is 0.146 e. The topological polar surface area (TPSA) is 68.8 Å². The molecule has 1 saturated carbocycles. The molecule has 5 nitrogen and oxygen atoms in total. The van der Waals surface area contributed by atoms with Gasteiger partial charge < -0.3 is 15.6 Å². The van der Waals surface area contributed by atoms with Gasteiger partial charge in [-0.25, -0.2) is 0 Å². The second-order valence-corrected chi connectivity index (χ2v) is 4.27. The molecule has 2 unspecified atom stereocenters. The monoisotopic (exact) mass is 209 g/mol. The van der Waals surface area contributed by atoms with Crippen LogP contribution >= 0.6 is 0 Å². The molecule has 0 aromatic carbocycles. The van der Waals surface area contributed by atoms with E-state index in [1.807, 2.05) is 11.6 Å². The van der Waals surface area contributed by atoms with E-state index in [4.69, 9.17) is 5.73 Å². The van der Waals surface area contributed by atoms with Gasteiger partial charge in [-0.2, -0.15) is 0 Å². The highest BCUT2D eigenvalue weighted by atomic mass is 15.3. The van der Waals surface area contributed by atoms with Gasteiger partial charge in [0, 0.05) is 13.1 Å². The van der Waals surface area contributed by atoms with E-state index in [1.54, 1.807) is 6.33 Å². The zero-order valence-corrected chi connectivity index (χ0v) is 9.19. The normalized spacial score (nSPS) is 26.0. The lowest BCUT2D eigenvalue weighted by Crippen LogP contribution is -2.36. The highest BCUT2D eigenvalue weighted by Crippen LogP contribution is 2.24. The summed E-state index contributed by atoms with van der Waals surface area (Å²) in [7, 11) is 1.96. The fourth-order valence-electron chi connectivity index (χ4n) is 2.28. The Balaban J connectivity index is 1.85. The molecule has 0 radical (unpaired) electrons. The molecule has 2 rings (SSSR count). The lowest BCUT2D eigenvalue weighted by Gasteiger charge is -2.18. The second-order valence-electron chi connectivity index (χ2n) is 4.27. The number of hydrogen-bond acceptors (Lipinski definition) is 4. The van der Waals surface area contributed by atoms with E-state index in [0.29, 0.717) is 12.0 Å². The molecule has 0 bridgehead atoms. The number of rotatable bonds is 4. The van der Waals surface area contributed by atoms with E-state index in [2.05, 4.69) is 15.5 Å². The largest absolute Gasteiger partial charge is 0.330 e. The number of nitrogens with zero attached hydrogens (tertiary/aromatic N) is 3. The summed E-state index contributed by atoms with van der Waals surface area (Å²) < 4.78 is 1.94. The van der Waals surface area contributed by atoms with Crippen LogP contribution in [-0.4, -0.2) is 27.4 Å². The van der Waals surface area contributed by atoms with Crippen molar-refractivity contribution in [1.82, 2.24) is 20.1 Å². The predicted molar refractivity (Wildman–Crippen MR) is 58.0 cm³/mol. The fourth-order valence-corrected chi connectivity index (χ4v) is 2.28. The van der Waals surface area contributed by atoms with Gasteiger partial charge in [0.05, 0.1) is 6.54 Å². The van der Waals surface area contributed by atoms with E-state index in [-0.39, 0.29) is 0 Å². The molecule has 1 heterocycles. The lowest BCUT2D eigenvalue weighted by molar-refractivity contribution is 0.400. The van der Waals surface area contributed by atoms with Crippen molar-refractivity contribution in [3.05, 3.63) is 12.2 Å². The van der Waals surface area contributed by atoms with Crippen LogP contribution in [0.2, 0.25) is 0 Å². The molecule has 1 aromatic rings. The van der Waals surface area contributed by atoms with Gasteiger partial charge in [-0.3, -0.25) is 0 Å². The zero-order valence-electron chi connectivity index (χ0n) is 9.19. The minimum absolute atomic E-state index is 0.562. The van der Waals surface area contributed by atoms with Crippen molar-refractivity contribution in [2.45, 2.75) is 31.8 Å². The summed E-state index contributed by atoms with van der Waals surface area (Å²) in [5, 5.41) is 11.4. The molecule has 1 aliphatic rings. The molecule has 84 valence electrons. The maximum absolute atomic E-state index is 5.73. The van der Waals surface area contributed by atoms with Gasteiger partial charge in [-0.05, 0) is 25.3 Å². The first kappa shape index (κ1) is 10.6. The Labute approximate surface area is 90.1 Å². The third-order valence-corrected chi connectivity index (χ3v) is 3.29. The third-order valence-electron chi connectivity index (χ3n) is 3.29. The van der Waals surface area contributed by atoms with E-state index >= 15 is 0 Å². The van der Waals surface area contributed by atoms with Crippen molar-refractivity contribution in [1.29, 1.82) is 0 Å². The van der Waals surface area contributed by atoms with E-state index in [1.165, 1.54) is 19.3 Å². The van der Waals surface area contributed by atoms with Crippen LogP contribution < -0.4 is 11.1 Å². The Bertz CT molecular complexity index is 309. The zero-order chi connectivity index (χ0) is 10.7. The minimum atomic E-state index is 0.562. The fraction of sp³-hybridized carbons (Fsp3) is 0.800. The summed E-state index contributed by atoms with van der Waals surface area (Å²) in [4.78, 5) is 0. The van der Waals surface area contributed by atoms with Gasteiger partial charge in [0.15, 0.2) is 0 Å². The molecule has 0 spiro atoms. The first-order chi connectivity index (χ1) is 7.31. The van der Waals surface area contributed by atoms with Crippen molar-refractivity contribution >= 4 is 0 Å². The van der Waals surface area contributed by atoms with Crippen LogP contribution in [0.5, 0.6) is 0 Å². The number of aryl methyl sites for hydroxylation is 1. The molecule has 0 aliphatic heterocycles. The number of nitrogens with two attached hydrogens (primary N) is 1. The van der Waals surface area contributed by atoms with E-state index in [9.17, 15) is 0 Å². The minimum Gasteiger partial charge on any atom is -0.330 e. The van der Waals surface area contributed by atoms with Crippen LogP contribution in [0.15, 0.2) is 6.33 Å². The van der Waals surface area contributed by atoms with Crippen LogP contribution in [-0.2, 0) is 13.6 Å². The van der Waals surface area contributed by atoms with Gasteiger partial charge in [0.25, 0.3) is 0 Å². The maximum atomic E-state index is 5.73. The summed E-state index contributed by atoms with van der Waals surface area (Å²) in [5.41, 5.74) is 5.73. The number of aromatic nitrogens is 3. The SMILES string of the molecule is Cn1cnnc1CNC1CCCC1CN. The number of hydrogen-bond donors (Lipinski definition) is 2. The Morgan fingerprint density at radius 2 is 2.47 bits per heavy atom. The molecule has 2 atom stereocenters. The highest BCUT2D eigenvalue weighted by Gasteiger charge is 2.25. The molecule has 15 heavy (non-hydrogen) atoms. The van der Waals surface area contributed by atoms with Crippen LogP contribution in [0.25, 0.3) is 0 Å². The molecular formula is C10H19N5. The van der Waals surface area contributed by atoms with Crippen molar-refractivity contribution in [2.24, 2.45) is 18.7 Å². The predicted octanol–water partition coefficient (Wildman–Crippen LogP) is 0.0321. The van der Waals surface area contributed by atoms with E-state index < -0.39 is 0 Å². The standard InChI is InChI=1S/C10H19N5/c1-15-7-13-14-10(15)6-12-9-4-2-3-8(9)5-11/h7-9,12H,2-6,11H2,1H3. The van der Waals surface area contributed by atoms with Crippen molar-refractivity contribution in [3.63, 3.8) is 0 Å². The van der Waals surface area contributed by atoms with Gasteiger partial charge in [0.1, 0.15) is 12.2 Å². The number of nitrogens with one attached hydrogen (secondary N) is 1. The second kappa shape index (κ2) is 4.72. The van der Waals surface area contributed by atoms with Crippen LogP contribution in [0, 0.1) is 5.92 Å². The first-order valence-electron chi connectivity index (χ1n) is 5.57. The summed E-state index contributed by atoms with van der Waals surface area (Å²) in [5.74, 6) is 1.62. The van der Waals surface area contributed by atoms with Gasteiger partial charge >= 0.3 is 0 Å². The molecular weight excluding hydrogens is 190 g/mol.